The molecule has 0 bridgehead atoms. The van der Waals surface area contributed by atoms with Gasteiger partial charge in [0.15, 0.2) is 5.60 Å². The van der Waals surface area contributed by atoms with E-state index in [-0.39, 0.29) is 17.4 Å². The van der Waals surface area contributed by atoms with Crippen LogP contribution < -0.4 is 0 Å². The quantitative estimate of drug-likeness (QED) is 0.846. The summed E-state index contributed by atoms with van der Waals surface area (Å²) in [6.45, 7) is 8.49. The van der Waals surface area contributed by atoms with Crippen LogP contribution in [0.3, 0.4) is 0 Å². The highest BCUT2D eigenvalue weighted by molar-refractivity contribution is 5.37. The summed E-state index contributed by atoms with van der Waals surface area (Å²) in [6.07, 6.45) is -4.68. The highest BCUT2D eigenvalue weighted by Gasteiger charge is 2.51. The molecular weight excluding hydrogens is 253 g/mol. The van der Waals surface area contributed by atoms with Crippen LogP contribution in [0.5, 0.6) is 0 Å². The van der Waals surface area contributed by atoms with Crippen molar-refractivity contribution in [1.82, 2.24) is 0 Å². The van der Waals surface area contributed by atoms with Crippen molar-refractivity contribution in [3.63, 3.8) is 0 Å². The topological polar surface area (TPSA) is 20.2 Å². The largest absolute Gasteiger partial charge is 0.421 e. The fourth-order valence-electron chi connectivity index (χ4n) is 1.79. The van der Waals surface area contributed by atoms with Gasteiger partial charge in [0, 0.05) is 0 Å². The lowest BCUT2D eigenvalue weighted by Gasteiger charge is -2.28. The molecule has 0 aliphatic rings. The predicted octanol–water partition coefficient (Wildman–Crippen LogP) is 4.70. The molecule has 1 nitrogen and oxygen atoms in total. The maximum absolute atomic E-state index is 12.9. The molecule has 4 heteroatoms. The van der Waals surface area contributed by atoms with Gasteiger partial charge in [0.25, 0.3) is 0 Å². The van der Waals surface area contributed by atoms with E-state index in [2.05, 4.69) is 0 Å². The molecule has 1 N–H and O–H groups in total. The van der Waals surface area contributed by atoms with E-state index < -0.39 is 11.8 Å². The zero-order valence-corrected chi connectivity index (χ0v) is 12.0. The Kier molecular flexibility index (Phi) is 4.35. The summed E-state index contributed by atoms with van der Waals surface area (Å²) in [6, 6.07) is 4.80. The Bertz CT molecular complexity index is 419. The monoisotopic (exact) mass is 274 g/mol. The van der Waals surface area contributed by atoms with Crippen LogP contribution in [-0.4, -0.2) is 11.3 Å². The second kappa shape index (κ2) is 5.16. The van der Waals surface area contributed by atoms with Crippen LogP contribution in [0.4, 0.5) is 13.2 Å². The molecule has 1 aromatic rings. The van der Waals surface area contributed by atoms with Crippen LogP contribution >= 0.6 is 0 Å². The molecule has 1 aromatic carbocycles. The maximum Gasteiger partial charge on any atom is 0.421 e. The van der Waals surface area contributed by atoms with Crippen molar-refractivity contribution >= 4 is 0 Å². The van der Waals surface area contributed by atoms with Gasteiger partial charge in [-0.05, 0) is 35.4 Å². The van der Waals surface area contributed by atoms with Crippen LogP contribution in [0.1, 0.15) is 63.1 Å². The normalized spacial score (nSPS) is 15.9. The van der Waals surface area contributed by atoms with Crippen molar-refractivity contribution in [3.8, 4) is 0 Å². The molecule has 0 fully saturated rings. The Morgan fingerprint density at radius 1 is 0.895 bits per heavy atom. The molecule has 19 heavy (non-hydrogen) atoms. The van der Waals surface area contributed by atoms with Crippen LogP contribution in [0.2, 0.25) is 0 Å². The number of rotatable bonds is 3. The number of benzene rings is 1. The third kappa shape index (κ3) is 3.30. The molecule has 0 aliphatic heterocycles. The van der Waals surface area contributed by atoms with E-state index in [4.69, 9.17) is 0 Å². The number of hydrogen-bond acceptors (Lipinski definition) is 1. The number of halogens is 3. The second-order valence-electron chi connectivity index (χ2n) is 5.77. The van der Waals surface area contributed by atoms with E-state index in [0.717, 1.165) is 18.1 Å². The molecule has 0 aliphatic carbocycles. The first kappa shape index (κ1) is 16.0. The van der Waals surface area contributed by atoms with Crippen LogP contribution in [0.15, 0.2) is 18.2 Å². The fraction of sp³-hybridized carbons (Fsp3) is 0.600. The van der Waals surface area contributed by atoms with Crippen LogP contribution in [0.25, 0.3) is 0 Å². The molecular formula is C15H21F3O. The third-order valence-corrected chi connectivity index (χ3v) is 3.43. The van der Waals surface area contributed by atoms with Gasteiger partial charge in [-0.1, -0.05) is 45.9 Å². The van der Waals surface area contributed by atoms with E-state index in [1.54, 1.807) is 0 Å². The minimum absolute atomic E-state index is 0.0881. The average molecular weight is 274 g/mol. The summed E-state index contributed by atoms with van der Waals surface area (Å²) < 4.78 is 38.8. The van der Waals surface area contributed by atoms with Gasteiger partial charge < -0.3 is 5.11 Å². The molecule has 0 spiro atoms. The van der Waals surface area contributed by atoms with E-state index in [9.17, 15) is 18.3 Å². The van der Waals surface area contributed by atoms with Gasteiger partial charge in [0.05, 0.1) is 0 Å². The smallest absolute Gasteiger partial charge is 0.376 e. The van der Waals surface area contributed by atoms with Gasteiger partial charge in [-0.3, -0.25) is 0 Å². The molecule has 0 saturated heterocycles. The number of alkyl halides is 3. The summed E-state index contributed by atoms with van der Waals surface area (Å²) in [7, 11) is 0. The predicted molar refractivity (Wildman–Crippen MR) is 70.2 cm³/mol. The summed E-state index contributed by atoms with van der Waals surface area (Å²) >= 11 is 0. The molecule has 0 saturated carbocycles. The number of hydrogen-bond donors (Lipinski definition) is 1. The standard InChI is InChI=1S/C15H21F3O/c1-9(2)11-6-12(10(3)4)8-13(7-11)14(5,19)15(16,17)18/h6-10,19H,1-5H3. The molecule has 0 heterocycles. The highest BCUT2D eigenvalue weighted by atomic mass is 19.4. The first-order chi connectivity index (χ1) is 8.46. The van der Waals surface area contributed by atoms with Gasteiger partial charge >= 0.3 is 6.18 Å². The fourth-order valence-corrected chi connectivity index (χ4v) is 1.79. The summed E-state index contributed by atoms with van der Waals surface area (Å²) in [5, 5.41) is 9.81. The molecule has 0 radical (unpaired) electrons. The first-order valence-electron chi connectivity index (χ1n) is 6.41. The Labute approximate surface area is 112 Å². The van der Waals surface area contributed by atoms with Crippen molar-refractivity contribution < 1.29 is 18.3 Å². The Hall–Kier alpha value is -1.03. The van der Waals surface area contributed by atoms with Crippen molar-refractivity contribution in [3.05, 3.63) is 34.9 Å². The van der Waals surface area contributed by atoms with Gasteiger partial charge in [0.1, 0.15) is 0 Å². The lowest BCUT2D eigenvalue weighted by atomic mass is 9.87. The van der Waals surface area contributed by atoms with E-state index in [1.165, 1.54) is 12.1 Å². The third-order valence-electron chi connectivity index (χ3n) is 3.43. The SMILES string of the molecule is CC(C)c1cc(C(C)C)cc(C(C)(O)C(F)(F)F)c1. The molecule has 0 amide bonds. The van der Waals surface area contributed by atoms with Crippen molar-refractivity contribution in [2.24, 2.45) is 0 Å². The molecule has 1 unspecified atom stereocenters. The first-order valence-corrected chi connectivity index (χ1v) is 6.41. The maximum atomic E-state index is 12.9. The van der Waals surface area contributed by atoms with Crippen LogP contribution in [-0.2, 0) is 5.60 Å². The zero-order valence-electron chi connectivity index (χ0n) is 12.0. The lowest BCUT2D eigenvalue weighted by molar-refractivity contribution is -0.258. The Balaban J connectivity index is 3.43. The van der Waals surface area contributed by atoms with Crippen molar-refractivity contribution in [2.45, 2.75) is 58.2 Å². The minimum Gasteiger partial charge on any atom is -0.376 e. The summed E-state index contributed by atoms with van der Waals surface area (Å²) in [4.78, 5) is 0. The zero-order chi connectivity index (χ0) is 15.0. The van der Waals surface area contributed by atoms with Crippen molar-refractivity contribution in [2.75, 3.05) is 0 Å². The Morgan fingerprint density at radius 2 is 1.26 bits per heavy atom. The van der Waals surface area contributed by atoms with Gasteiger partial charge in [-0.25, -0.2) is 0 Å². The molecule has 108 valence electrons. The Morgan fingerprint density at radius 3 is 1.53 bits per heavy atom. The minimum atomic E-state index is -4.68. The highest BCUT2D eigenvalue weighted by Crippen LogP contribution is 2.40. The molecule has 0 aromatic heterocycles. The van der Waals surface area contributed by atoms with Gasteiger partial charge in [0.2, 0.25) is 0 Å². The summed E-state index contributed by atoms with van der Waals surface area (Å²) in [5.41, 5.74) is -1.28. The number of aliphatic hydroxyl groups is 1. The van der Waals surface area contributed by atoms with E-state index in [1.807, 2.05) is 33.8 Å². The molecule has 1 rings (SSSR count). The van der Waals surface area contributed by atoms with Crippen molar-refractivity contribution in [1.29, 1.82) is 0 Å². The summed E-state index contributed by atoms with van der Waals surface area (Å²) in [5.74, 6) is 0.225. The van der Waals surface area contributed by atoms with E-state index in [0.29, 0.717) is 0 Å². The lowest BCUT2D eigenvalue weighted by Crippen LogP contribution is -2.39. The average Bonchev–Trinajstić information content (AvgIpc) is 2.26. The van der Waals surface area contributed by atoms with Gasteiger partial charge in [-0.15, -0.1) is 0 Å². The van der Waals surface area contributed by atoms with E-state index >= 15 is 0 Å². The van der Waals surface area contributed by atoms with Crippen LogP contribution in [0, 0.1) is 0 Å². The molecule has 1 atom stereocenters. The second-order valence-corrected chi connectivity index (χ2v) is 5.77. The van der Waals surface area contributed by atoms with Gasteiger partial charge in [-0.2, -0.15) is 13.2 Å².